The average molecular weight is 461 g/mol. The fraction of sp³-hybridized carbons (Fsp3) is 0.435. The van der Waals surface area contributed by atoms with Gasteiger partial charge >= 0.3 is 6.61 Å². The van der Waals surface area contributed by atoms with Crippen LogP contribution >= 0.6 is 11.8 Å². The Balaban J connectivity index is 1.54. The van der Waals surface area contributed by atoms with Crippen molar-refractivity contribution in [2.75, 3.05) is 0 Å². The van der Waals surface area contributed by atoms with Crippen LogP contribution in [0.15, 0.2) is 35.5 Å². The van der Waals surface area contributed by atoms with Crippen LogP contribution in [-0.4, -0.2) is 37.0 Å². The zero-order valence-corrected chi connectivity index (χ0v) is 19.3. The van der Waals surface area contributed by atoms with Crippen molar-refractivity contribution >= 4 is 17.5 Å². The Morgan fingerprint density at radius 2 is 1.91 bits per heavy atom. The minimum absolute atomic E-state index is 0.0191. The second-order valence-corrected chi connectivity index (χ2v) is 9.28. The lowest BCUT2D eigenvalue weighted by Crippen LogP contribution is -2.16. The first-order valence-corrected chi connectivity index (χ1v) is 11.6. The molecule has 2 heterocycles. The van der Waals surface area contributed by atoms with Crippen molar-refractivity contribution in [3.63, 3.8) is 0 Å². The number of rotatable bonds is 9. The number of hydrogen-bond donors (Lipinski definition) is 0. The third kappa shape index (κ3) is 4.44. The third-order valence-corrected chi connectivity index (χ3v) is 6.75. The molecule has 3 aromatic rings. The summed E-state index contributed by atoms with van der Waals surface area (Å²) in [5, 5.41) is 9.14. The van der Waals surface area contributed by atoms with E-state index in [1.54, 1.807) is 12.1 Å². The molecule has 0 saturated heterocycles. The monoisotopic (exact) mass is 460 g/mol. The molecule has 4 rings (SSSR count). The zero-order chi connectivity index (χ0) is 23.0. The van der Waals surface area contributed by atoms with E-state index >= 15 is 0 Å². The van der Waals surface area contributed by atoms with Gasteiger partial charge in [-0.15, -0.1) is 10.2 Å². The highest BCUT2D eigenvalue weighted by atomic mass is 32.2. The summed E-state index contributed by atoms with van der Waals surface area (Å²) in [6.45, 7) is 5.68. The van der Waals surface area contributed by atoms with Crippen molar-refractivity contribution in [3.05, 3.63) is 53.1 Å². The van der Waals surface area contributed by atoms with Crippen molar-refractivity contribution in [2.45, 2.75) is 70.0 Å². The maximum Gasteiger partial charge on any atom is 0.387 e. The van der Waals surface area contributed by atoms with Gasteiger partial charge in [0.05, 0.1) is 5.25 Å². The van der Waals surface area contributed by atoms with E-state index in [1.165, 1.54) is 23.9 Å². The van der Waals surface area contributed by atoms with Crippen molar-refractivity contribution in [2.24, 2.45) is 0 Å². The molecule has 1 fully saturated rings. The lowest BCUT2D eigenvalue weighted by atomic mass is 10.1. The number of ether oxygens (including phenoxy) is 1. The summed E-state index contributed by atoms with van der Waals surface area (Å²) in [5.74, 6) is 1.63. The van der Waals surface area contributed by atoms with Gasteiger partial charge in [-0.2, -0.15) is 8.78 Å². The van der Waals surface area contributed by atoms with E-state index in [2.05, 4.69) is 26.4 Å². The van der Waals surface area contributed by atoms with Gasteiger partial charge in [0.25, 0.3) is 0 Å². The maximum atomic E-state index is 13.3. The number of alkyl halides is 2. The number of benzene rings is 1. The number of aromatic nitrogens is 4. The summed E-state index contributed by atoms with van der Waals surface area (Å²) < 4.78 is 33.3. The molecule has 9 heteroatoms. The minimum atomic E-state index is -2.86. The predicted molar refractivity (Wildman–Crippen MR) is 119 cm³/mol. The van der Waals surface area contributed by atoms with Gasteiger partial charge in [0.1, 0.15) is 11.6 Å². The van der Waals surface area contributed by atoms with E-state index in [4.69, 9.17) is 0 Å². The summed E-state index contributed by atoms with van der Waals surface area (Å²) >= 11 is 1.43. The molecule has 1 saturated carbocycles. The molecular formula is C23H26F2N4O2S. The van der Waals surface area contributed by atoms with Crippen LogP contribution in [0.3, 0.4) is 0 Å². The SMILES string of the molecule is CCn1c(SC(C)C(=O)c2cc(C)n(-c3ccc(OC(F)F)cc3)c2C)nnc1C1CC1. The first kappa shape index (κ1) is 22.5. The third-order valence-electron chi connectivity index (χ3n) is 5.67. The number of aryl methyl sites for hydroxylation is 1. The normalized spacial score (nSPS) is 14.7. The molecule has 1 unspecified atom stereocenters. The Bertz CT molecular complexity index is 1120. The Kier molecular flexibility index (Phi) is 6.37. The van der Waals surface area contributed by atoms with Gasteiger partial charge < -0.3 is 13.9 Å². The topological polar surface area (TPSA) is 61.9 Å². The second-order valence-electron chi connectivity index (χ2n) is 7.98. The molecule has 1 aromatic carbocycles. The lowest BCUT2D eigenvalue weighted by molar-refractivity contribution is -0.0498. The van der Waals surface area contributed by atoms with E-state index in [9.17, 15) is 13.6 Å². The van der Waals surface area contributed by atoms with Crippen LogP contribution in [0.5, 0.6) is 5.75 Å². The van der Waals surface area contributed by atoms with E-state index in [1.807, 2.05) is 31.4 Å². The minimum Gasteiger partial charge on any atom is -0.435 e. The Morgan fingerprint density at radius 3 is 2.50 bits per heavy atom. The molecule has 0 spiro atoms. The molecule has 1 atom stereocenters. The van der Waals surface area contributed by atoms with E-state index in [0.717, 1.165) is 47.4 Å². The Labute approximate surface area is 190 Å². The van der Waals surface area contributed by atoms with Crippen molar-refractivity contribution in [1.29, 1.82) is 0 Å². The van der Waals surface area contributed by atoms with Gasteiger partial charge in [0.15, 0.2) is 10.9 Å². The number of carbonyl (C=O) groups is 1. The molecule has 170 valence electrons. The molecule has 0 N–H and O–H groups in total. The van der Waals surface area contributed by atoms with Crippen LogP contribution in [0.25, 0.3) is 5.69 Å². The van der Waals surface area contributed by atoms with Crippen LogP contribution < -0.4 is 4.74 Å². The summed E-state index contributed by atoms with van der Waals surface area (Å²) in [7, 11) is 0. The quantitative estimate of drug-likeness (QED) is 0.310. The van der Waals surface area contributed by atoms with Gasteiger partial charge in [-0.1, -0.05) is 11.8 Å². The standard InChI is InChI=1S/C23H26F2N4O2S/c1-5-28-21(16-6-7-16)26-27-23(28)32-15(4)20(30)19-12-13(2)29(14(19)3)17-8-10-18(11-9-17)31-22(24)25/h8-12,15-16,22H,5-7H2,1-4H3. The molecule has 32 heavy (non-hydrogen) atoms. The number of Topliss-reactive ketones (excluding diaryl/α,β-unsaturated/α-hetero) is 1. The summed E-state index contributed by atoms with van der Waals surface area (Å²) in [4.78, 5) is 13.3. The molecule has 1 aliphatic rings. The highest BCUT2D eigenvalue weighted by Crippen LogP contribution is 2.40. The van der Waals surface area contributed by atoms with Crippen molar-refractivity contribution in [1.82, 2.24) is 19.3 Å². The first-order valence-electron chi connectivity index (χ1n) is 10.7. The smallest absolute Gasteiger partial charge is 0.387 e. The summed E-state index contributed by atoms with van der Waals surface area (Å²) in [6, 6.07) is 8.27. The highest BCUT2D eigenvalue weighted by Gasteiger charge is 2.31. The number of nitrogens with zero attached hydrogens (tertiary/aromatic N) is 4. The van der Waals surface area contributed by atoms with Gasteiger partial charge in [-0.05, 0) is 70.9 Å². The van der Waals surface area contributed by atoms with E-state index in [-0.39, 0.29) is 16.8 Å². The molecule has 6 nitrogen and oxygen atoms in total. The van der Waals surface area contributed by atoms with Crippen LogP contribution in [0.4, 0.5) is 8.78 Å². The number of hydrogen-bond acceptors (Lipinski definition) is 5. The maximum absolute atomic E-state index is 13.3. The Morgan fingerprint density at radius 1 is 1.22 bits per heavy atom. The molecule has 2 aromatic heterocycles. The first-order chi connectivity index (χ1) is 15.3. The highest BCUT2D eigenvalue weighted by molar-refractivity contribution is 8.00. The molecular weight excluding hydrogens is 434 g/mol. The van der Waals surface area contributed by atoms with Gasteiger partial charge in [0.2, 0.25) is 0 Å². The van der Waals surface area contributed by atoms with E-state index < -0.39 is 6.61 Å². The Hall–Kier alpha value is -2.68. The molecule has 0 aliphatic heterocycles. The molecule has 0 radical (unpaired) electrons. The van der Waals surface area contributed by atoms with Gasteiger partial charge in [0, 0.05) is 35.1 Å². The second kappa shape index (κ2) is 9.05. The molecule has 0 bridgehead atoms. The lowest BCUT2D eigenvalue weighted by Gasteiger charge is -2.13. The largest absolute Gasteiger partial charge is 0.435 e. The number of halogens is 2. The van der Waals surface area contributed by atoms with E-state index in [0.29, 0.717) is 11.5 Å². The molecule has 0 amide bonds. The van der Waals surface area contributed by atoms with Crippen LogP contribution in [0.2, 0.25) is 0 Å². The van der Waals surface area contributed by atoms with Crippen molar-refractivity contribution < 1.29 is 18.3 Å². The van der Waals surface area contributed by atoms with Crippen LogP contribution in [0.1, 0.15) is 60.2 Å². The number of ketones is 1. The van der Waals surface area contributed by atoms with Gasteiger partial charge in [-0.25, -0.2) is 0 Å². The van der Waals surface area contributed by atoms with Crippen LogP contribution in [-0.2, 0) is 6.54 Å². The van der Waals surface area contributed by atoms with Crippen LogP contribution in [0, 0.1) is 13.8 Å². The fourth-order valence-corrected chi connectivity index (χ4v) is 4.93. The fourth-order valence-electron chi connectivity index (χ4n) is 3.94. The predicted octanol–water partition coefficient (Wildman–Crippen LogP) is 5.55. The number of thioether (sulfide) groups is 1. The number of carbonyl (C=O) groups excluding carboxylic acids is 1. The average Bonchev–Trinajstić information content (AvgIpc) is 3.45. The van der Waals surface area contributed by atoms with Gasteiger partial charge in [-0.3, -0.25) is 4.79 Å². The zero-order valence-electron chi connectivity index (χ0n) is 18.5. The summed E-state index contributed by atoms with van der Waals surface area (Å²) in [5.41, 5.74) is 3.11. The van der Waals surface area contributed by atoms with Crippen molar-refractivity contribution in [3.8, 4) is 11.4 Å². The summed E-state index contributed by atoms with van der Waals surface area (Å²) in [6.07, 6.45) is 2.30. The molecule has 1 aliphatic carbocycles.